The van der Waals surface area contributed by atoms with Crippen LogP contribution in [-0.2, 0) is 12.8 Å². The minimum Gasteiger partial charge on any atom is -0.352 e. The highest BCUT2D eigenvalue weighted by Gasteiger charge is 2.23. The maximum Gasteiger partial charge on any atom is 0.251 e. The summed E-state index contributed by atoms with van der Waals surface area (Å²) < 4.78 is 0. The Morgan fingerprint density at radius 3 is 1.53 bits per heavy atom. The van der Waals surface area contributed by atoms with Crippen LogP contribution in [0.1, 0.15) is 60.6 Å². The van der Waals surface area contributed by atoms with Gasteiger partial charge in [0.1, 0.15) is 0 Å². The minimum atomic E-state index is -0.176. The average Bonchev–Trinajstić information content (AvgIpc) is 2.95. The number of rotatable bonds is 10. The smallest absolute Gasteiger partial charge is 0.251 e. The molecule has 34 heavy (non-hydrogen) atoms. The molecule has 0 heterocycles. The van der Waals surface area contributed by atoms with Gasteiger partial charge in [-0.25, -0.2) is 0 Å². The second-order valence-electron chi connectivity index (χ2n) is 9.40. The van der Waals surface area contributed by atoms with E-state index in [-0.39, 0.29) is 17.6 Å². The van der Waals surface area contributed by atoms with E-state index in [1.165, 1.54) is 0 Å². The van der Waals surface area contributed by atoms with Crippen molar-refractivity contribution in [2.24, 2.45) is 0 Å². The van der Waals surface area contributed by atoms with E-state index >= 15 is 0 Å². The lowest BCUT2D eigenvalue weighted by atomic mass is 9.95. The molecule has 0 spiro atoms. The van der Waals surface area contributed by atoms with Crippen molar-refractivity contribution < 1.29 is 14.4 Å². The first-order valence-corrected chi connectivity index (χ1v) is 11.9. The van der Waals surface area contributed by atoms with Gasteiger partial charge < -0.3 is 20.4 Å². The van der Waals surface area contributed by atoms with Crippen LogP contribution in [-0.4, -0.2) is 81.8 Å². The third kappa shape index (κ3) is 6.74. The van der Waals surface area contributed by atoms with Crippen LogP contribution in [0.2, 0.25) is 0 Å². The van der Waals surface area contributed by atoms with Gasteiger partial charge in [-0.2, -0.15) is 0 Å². The Hall–Kier alpha value is -3.03. The number of carbonyl (C=O) groups excluding carboxylic acids is 3. The summed E-state index contributed by atoms with van der Waals surface area (Å²) in [4.78, 5) is 42.9. The molecule has 0 saturated carbocycles. The molecule has 2 amide bonds. The van der Waals surface area contributed by atoms with E-state index in [4.69, 9.17) is 0 Å². The number of ketones is 1. The third-order valence-electron chi connectivity index (χ3n) is 6.03. The molecule has 0 aliphatic heterocycles. The van der Waals surface area contributed by atoms with Crippen molar-refractivity contribution in [1.29, 1.82) is 0 Å². The maximum atomic E-state index is 13.5. The number of nitrogens with zero attached hydrogens (tertiary/aromatic N) is 2. The molecule has 1 aliphatic carbocycles. The zero-order chi connectivity index (χ0) is 24.7. The normalized spacial score (nSPS) is 12.8. The molecule has 0 bridgehead atoms. The quantitative estimate of drug-likeness (QED) is 0.528. The Morgan fingerprint density at radius 2 is 1.15 bits per heavy atom. The summed E-state index contributed by atoms with van der Waals surface area (Å²) in [5.74, 6) is -0.485. The van der Waals surface area contributed by atoms with Crippen molar-refractivity contribution in [1.82, 2.24) is 20.4 Å². The lowest BCUT2D eigenvalue weighted by Gasteiger charge is -2.12. The van der Waals surface area contributed by atoms with E-state index in [1.54, 1.807) is 24.3 Å². The van der Waals surface area contributed by atoms with Crippen LogP contribution < -0.4 is 10.6 Å². The molecule has 1 aliphatic rings. The first kappa shape index (κ1) is 25.6. The number of nitrogens with one attached hydrogen (secondary N) is 2. The largest absolute Gasteiger partial charge is 0.352 e. The van der Waals surface area contributed by atoms with E-state index in [0.29, 0.717) is 35.3 Å². The summed E-state index contributed by atoms with van der Waals surface area (Å²) in [6.45, 7) is 2.95. The maximum absolute atomic E-state index is 13.5. The Morgan fingerprint density at radius 1 is 0.735 bits per heavy atom. The molecule has 0 saturated heterocycles. The summed E-state index contributed by atoms with van der Waals surface area (Å²) in [6, 6.07) is 10.7. The van der Waals surface area contributed by atoms with Gasteiger partial charge in [0.2, 0.25) is 0 Å². The molecule has 0 radical (unpaired) electrons. The fourth-order valence-electron chi connectivity index (χ4n) is 4.11. The van der Waals surface area contributed by atoms with Crippen LogP contribution in [0.3, 0.4) is 0 Å². The molecule has 0 unspecified atom stereocenters. The van der Waals surface area contributed by atoms with E-state index in [1.807, 2.05) is 40.3 Å². The number of fused-ring (bicyclic) bond motifs is 2. The van der Waals surface area contributed by atoms with Gasteiger partial charge in [-0.3, -0.25) is 14.4 Å². The number of benzene rings is 2. The number of carbonyl (C=O) groups is 3. The predicted molar refractivity (Wildman–Crippen MR) is 135 cm³/mol. The number of aryl methyl sites for hydroxylation is 2. The Kier molecular flexibility index (Phi) is 8.96. The van der Waals surface area contributed by atoms with Crippen LogP contribution in [0.5, 0.6) is 0 Å². The molecule has 2 N–H and O–H groups in total. The highest BCUT2D eigenvalue weighted by molar-refractivity contribution is 6.13. The molecule has 2 aromatic carbocycles. The molecule has 0 fully saturated rings. The standard InChI is InChI=1S/C27H36N4O3/c1-30(2)15-5-13-28-26(33)21-11-9-19-7-8-20-10-12-22(18-24(20)25(32)23(19)17-21)27(34)29-14-6-16-31(3)4/h9-12,17-18H,5-8,13-16H2,1-4H3,(H,28,33)(H,29,34). The van der Waals surface area contributed by atoms with Gasteiger partial charge >= 0.3 is 0 Å². The lowest BCUT2D eigenvalue weighted by Crippen LogP contribution is -2.27. The topological polar surface area (TPSA) is 81.8 Å². The summed E-state index contributed by atoms with van der Waals surface area (Å²) in [5.41, 5.74) is 3.91. The zero-order valence-electron chi connectivity index (χ0n) is 20.7. The van der Waals surface area contributed by atoms with Crippen LogP contribution in [0, 0.1) is 0 Å². The second kappa shape index (κ2) is 11.9. The van der Waals surface area contributed by atoms with Crippen molar-refractivity contribution in [3.63, 3.8) is 0 Å². The van der Waals surface area contributed by atoms with Gasteiger partial charge in [0, 0.05) is 35.3 Å². The van der Waals surface area contributed by atoms with Crippen LogP contribution in [0.25, 0.3) is 0 Å². The van der Waals surface area contributed by atoms with E-state index < -0.39 is 0 Å². The van der Waals surface area contributed by atoms with Gasteiger partial charge in [-0.15, -0.1) is 0 Å². The van der Waals surface area contributed by atoms with Gasteiger partial charge in [-0.1, -0.05) is 12.1 Å². The zero-order valence-corrected chi connectivity index (χ0v) is 20.7. The highest BCUT2D eigenvalue weighted by atomic mass is 16.2. The van der Waals surface area contributed by atoms with Gasteiger partial charge in [0.15, 0.2) is 5.78 Å². The number of hydrogen-bond donors (Lipinski definition) is 2. The molecule has 0 aromatic heterocycles. The van der Waals surface area contributed by atoms with Gasteiger partial charge in [-0.05, 0) is 102 Å². The SMILES string of the molecule is CN(C)CCCNC(=O)c1ccc2c(c1)C(=O)c1cc(C(=O)NCCCN(C)C)ccc1CC2. The minimum absolute atomic E-state index is 0.132. The number of amides is 2. The molecule has 182 valence electrons. The molecular formula is C27H36N4O3. The molecular weight excluding hydrogens is 428 g/mol. The fraction of sp³-hybridized carbons (Fsp3) is 0.444. The summed E-state index contributed by atoms with van der Waals surface area (Å²) >= 11 is 0. The second-order valence-corrected chi connectivity index (χ2v) is 9.40. The van der Waals surface area contributed by atoms with Gasteiger partial charge in [0.25, 0.3) is 11.8 Å². The molecule has 0 atom stereocenters. The monoisotopic (exact) mass is 464 g/mol. The Bertz CT molecular complexity index is 965. The Labute approximate surface area is 202 Å². The third-order valence-corrected chi connectivity index (χ3v) is 6.03. The average molecular weight is 465 g/mol. The Balaban J connectivity index is 1.74. The molecule has 3 rings (SSSR count). The molecule has 2 aromatic rings. The van der Waals surface area contributed by atoms with Crippen molar-refractivity contribution in [3.8, 4) is 0 Å². The van der Waals surface area contributed by atoms with Crippen molar-refractivity contribution in [2.45, 2.75) is 25.7 Å². The number of hydrogen-bond acceptors (Lipinski definition) is 5. The van der Waals surface area contributed by atoms with E-state index in [9.17, 15) is 14.4 Å². The summed E-state index contributed by atoms with van der Waals surface area (Å²) in [7, 11) is 7.99. The van der Waals surface area contributed by atoms with Crippen molar-refractivity contribution in [3.05, 3.63) is 69.8 Å². The summed E-state index contributed by atoms with van der Waals surface area (Å²) in [5, 5.41) is 5.87. The first-order chi connectivity index (χ1) is 16.3. The fourth-order valence-corrected chi connectivity index (χ4v) is 4.11. The van der Waals surface area contributed by atoms with Crippen LogP contribution in [0.15, 0.2) is 36.4 Å². The van der Waals surface area contributed by atoms with Crippen molar-refractivity contribution >= 4 is 17.6 Å². The lowest BCUT2D eigenvalue weighted by molar-refractivity contribution is 0.0944. The van der Waals surface area contributed by atoms with E-state index in [2.05, 4.69) is 20.4 Å². The molecule has 7 heteroatoms. The predicted octanol–water partition coefficient (Wildman–Crippen LogP) is 2.38. The summed E-state index contributed by atoms with van der Waals surface area (Å²) in [6.07, 6.45) is 3.15. The highest BCUT2D eigenvalue weighted by Crippen LogP contribution is 2.26. The van der Waals surface area contributed by atoms with E-state index in [0.717, 1.165) is 49.9 Å². The van der Waals surface area contributed by atoms with Crippen LogP contribution >= 0.6 is 0 Å². The van der Waals surface area contributed by atoms with Crippen molar-refractivity contribution in [2.75, 3.05) is 54.4 Å². The first-order valence-electron chi connectivity index (χ1n) is 11.9. The van der Waals surface area contributed by atoms with Gasteiger partial charge in [0.05, 0.1) is 0 Å². The molecule has 7 nitrogen and oxygen atoms in total. The van der Waals surface area contributed by atoms with Crippen LogP contribution in [0.4, 0.5) is 0 Å².